The second-order valence-electron chi connectivity index (χ2n) is 12.3. The third-order valence-corrected chi connectivity index (χ3v) is 14.5. The highest BCUT2D eigenvalue weighted by atomic mass is 28.3. The summed E-state index contributed by atoms with van der Waals surface area (Å²) in [7, 11) is -2.89. The van der Waals surface area contributed by atoms with Crippen LogP contribution in [0.5, 0.6) is 0 Å². The Morgan fingerprint density at radius 3 is 1.40 bits per heavy atom. The van der Waals surface area contributed by atoms with E-state index in [2.05, 4.69) is 126 Å². The zero-order valence-corrected chi connectivity index (χ0v) is 28.0. The second kappa shape index (κ2) is 12.6. The lowest BCUT2D eigenvalue weighted by molar-refractivity contribution is 1.18. The highest BCUT2D eigenvalue weighted by Crippen LogP contribution is 2.34. The molecule has 0 aliphatic carbocycles. The molecule has 8 rings (SSSR count). The highest BCUT2D eigenvalue weighted by molar-refractivity contribution is 7.20. The van der Waals surface area contributed by atoms with Crippen molar-refractivity contribution in [2.45, 2.75) is 0 Å². The molecule has 0 aliphatic heterocycles. The molecule has 0 radical (unpaired) electrons. The van der Waals surface area contributed by atoms with Crippen LogP contribution < -0.4 is 20.7 Å². The Kier molecular flexibility index (Phi) is 7.63. The van der Waals surface area contributed by atoms with E-state index in [1.165, 1.54) is 15.6 Å². The molecular weight excluding hydrogens is 625 g/mol. The zero-order chi connectivity index (χ0) is 34.1. The van der Waals surface area contributed by atoms with E-state index in [-0.39, 0.29) is 0 Å². The molecule has 0 bridgehead atoms. The SMILES string of the molecule is N#Cc1ccc2c(c1)c1cc(C#N)ccc1n2-c1cccc(-c2ccc([Si](c3ccccc3)(c3ccccc3)c3ccccc3)c(C#N)c2)c1. The molecule has 0 atom stereocenters. The molecule has 0 amide bonds. The summed E-state index contributed by atoms with van der Waals surface area (Å²) >= 11 is 0. The Hall–Kier alpha value is -6.97. The fraction of sp³-hybridized carbons (Fsp3) is 0. The van der Waals surface area contributed by atoms with E-state index in [4.69, 9.17) is 0 Å². The lowest BCUT2D eigenvalue weighted by atomic mass is 10.0. The van der Waals surface area contributed by atoms with Crippen molar-refractivity contribution in [3.8, 4) is 35.0 Å². The first-order valence-corrected chi connectivity index (χ1v) is 18.4. The first-order chi connectivity index (χ1) is 24.6. The molecule has 232 valence electrons. The molecule has 0 N–H and O–H groups in total. The molecule has 4 nitrogen and oxygen atoms in total. The number of aromatic nitrogens is 1. The standard InChI is InChI=1S/C45H28N4Si/c46-29-32-19-22-43-41(25-32)42-26-33(30-47)20-23-44(42)49(43)37-12-10-11-34(28-37)35-21-24-45(36(27-35)31-48)50(38-13-4-1-5-14-38,39-15-6-2-7-16-39)40-17-8-3-9-18-40/h1-28H. The van der Waals surface area contributed by atoms with Gasteiger partial charge in [0.25, 0.3) is 0 Å². The van der Waals surface area contributed by atoms with Crippen LogP contribution in [0, 0.1) is 34.0 Å². The van der Waals surface area contributed by atoms with Crippen molar-refractivity contribution in [3.63, 3.8) is 0 Å². The number of hydrogen-bond acceptors (Lipinski definition) is 3. The fourth-order valence-corrected chi connectivity index (χ4v) is 12.3. The van der Waals surface area contributed by atoms with E-state index in [1.54, 1.807) is 0 Å². The van der Waals surface area contributed by atoms with Gasteiger partial charge in [-0.25, -0.2) is 0 Å². The van der Waals surface area contributed by atoms with Crippen molar-refractivity contribution in [2.24, 2.45) is 0 Å². The minimum atomic E-state index is -2.89. The Labute approximate surface area is 291 Å². The normalized spacial score (nSPS) is 11.1. The molecule has 0 saturated carbocycles. The average Bonchev–Trinajstić information content (AvgIpc) is 3.52. The van der Waals surface area contributed by atoms with Crippen molar-refractivity contribution in [2.75, 3.05) is 0 Å². The third kappa shape index (κ3) is 4.88. The van der Waals surface area contributed by atoms with Gasteiger partial charge in [-0.2, -0.15) is 15.8 Å². The van der Waals surface area contributed by atoms with E-state index < -0.39 is 8.07 Å². The lowest BCUT2D eigenvalue weighted by Gasteiger charge is -2.35. The molecule has 50 heavy (non-hydrogen) atoms. The maximum atomic E-state index is 10.8. The summed E-state index contributed by atoms with van der Waals surface area (Å²) in [6, 6.07) is 65.0. The van der Waals surface area contributed by atoms with E-state index in [0.717, 1.165) is 43.8 Å². The maximum absolute atomic E-state index is 10.8. The van der Waals surface area contributed by atoms with Gasteiger partial charge in [0.05, 0.1) is 45.9 Å². The number of rotatable bonds is 6. The summed E-state index contributed by atoms with van der Waals surface area (Å²) in [5.41, 5.74) is 6.56. The van der Waals surface area contributed by atoms with Gasteiger partial charge in [0.1, 0.15) is 0 Å². The maximum Gasteiger partial charge on any atom is 0.180 e. The summed E-state index contributed by atoms with van der Waals surface area (Å²) in [6.07, 6.45) is 0. The van der Waals surface area contributed by atoms with E-state index in [1.807, 2.05) is 66.7 Å². The van der Waals surface area contributed by atoms with Crippen molar-refractivity contribution >= 4 is 50.6 Å². The predicted octanol–water partition coefficient (Wildman–Crippen LogP) is 7.44. The number of hydrogen-bond donors (Lipinski definition) is 0. The molecule has 0 saturated heterocycles. The average molecular weight is 653 g/mol. The fourth-order valence-electron chi connectivity index (χ4n) is 7.44. The third-order valence-electron chi connectivity index (χ3n) is 9.63. The van der Waals surface area contributed by atoms with Gasteiger partial charge >= 0.3 is 0 Å². The van der Waals surface area contributed by atoms with Gasteiger partial charge in [0.2, 0.25) is 0 Å². The van der Waals surface area contributed by atoms with Gasteiger partial charge < -0.3 is 4.57 Å². The topological polar surface area (TPSA) is 76.3 Å². The van der Waals surface area contributed by atoms with Crippen LogP contribution in [0.1, 0.15) is 16.7 Å². The lowest BCUT2D eigenvalue weighted by Crippen LogP contribution is -2.75. The smallest absolute Gasteiger partial charge is 0.180 e. The molecule has 1 heterocycles. The van der Waals surface area contributed by atoms with Gasteiger partial charge in [-0.05, 0) is 86.5 Å². The zero-order valence-electron chi connectivity index (χ0n) is 27.0. The summed E-state index contributed by atoms with van der Waals surface area (Å²) in [4.78, 5) is 0. The molecule has 8 aromatic rings. The first-order valence-electron chi connectivity index (χ1n) is 16.4. The summed E-state index contributed by atoms with van der Waals surface area (Å²) in [6.45, 7) is 0. The van der Waals surface area contributed by atoms with Gasteiger partial charge in [-0.15, -0.1) is 0 Å². The number of nitriles is 3. The highest BCUT2D eigenvalue weighted by Gasteiger charge is 2.43. The minimum Gasteiger partial charge on any atom is -0.309 e. The van der Waals surface area contributed by atoms with E-state index >= 15 is 0 Å². The van der Waals surface area contributed by atoms with E-state index in [9.17, 15) is 15.8 Å². The Balaban J connectivity index is 1.33. The van der Waals surface area contributed by atoms with Crippen LogP contribution in [0.4, 0.5) is 0 Å². The van der Waals surface area contributed by atoms with Gasteiger partial charge in [-0.3, -0.25) is 0 Å². The van der Waals surface area contributed by atoms with Gasteiger partial charge in [-0.1, -0.05) is 115 Å². The molecule has 0 aliphatic rings. The van der Waals surface area contributed by atoms with Crippen molar-refractivity contribution in [1.29, 1.82) is 15.8 Å². The second-order valence-corrected chi connectivity index (χ2v) is 16.1. The monoisotopic (exact) mass is 652 g/mol. The van der Waals surface area contributed by atoms with E-state index in [0.29, 0.717) is 16.7 Å². The number of fused-ring (bicyclic) bond motifs is 3. The number of benzene rings is 7. The van der Waals surface area contributed by atoms with Crippen molar-refractivity contribution in [3.05, 3.63) is 187 Å². The molecule has 0 unspecified atom stereocenters. The Bertz CT molecular complexity index is 2510. The van der Waals surface area contributed by atoms with Crippen LogP contribution in [0.15, 0.2) is 170 Å². The van der Waals surface area contributed by atoms with Crippen molar-refractivity contribution in [1.82, 2.24) is 4.57 Å². The summed E-state index contributed by atoms with van der Waals surface area (Å²) < 4.78 is 2.17. The molecule has 7 aromatic carbocycles. The quantitative estimate of drug-likeness (QED) is 0.138. The molecular formula is C45H28N4Si. The summed E-state index contributed by atoms with van der Waals surface area (Å²) in [5, 5.41) is 36.6. The number of nitrogens with zero attached hydrogens (tertiary/aromatic N) is 4. The van der Waals surface area contributed by atoms with Crippen LogP contribution in [-0.4, -0.2) is 12.6 Å². The predicted molar refractivity (Wildman–Crippen MR) is 204 cm³/mol. The molecule has 5 heteroatoms. The van der Waals surface area contributed by atoms with Crippen LogP contribution in [0.25, 0.3) is 38.6 Å². The van der Waals surface area contributed by atoms with Crippen LogP contribution in [0.3, 0.4) is 0 Å². The molecule has 0 spiro atoms. The molecule has 0 fully saturated rings. The minimum absolute atomic E-state index is 0.568. The molecule has 1 aromatic heterocycles. The summed E-state index contributed by atoms with van der Waals surface area (Å²) in [5.74, 6) is 0. The van der Waals surface area contributed by atoms with Crippen molar-refractivity contribution < 1.29 is 0 Å². The van der Waals surface area contributed by atoms with Gasteiger partial charge in [0, 0.05) is 16.5 Å². The first kappa shape index (κ1) is 30.4. The van der Waals surface area contributed by atoms with Crippen LogP contribution in [-0.2, 0) is 0 Å². The van der Waals surface area contributed by atoms with Gasteiger partial charge in [0.15, 0.2) is 8.07 Å². The van der Waals surface area contributed by atoms with Crippen LogP contribution in [0.2, 0.25) is 0 Å². The van der Waals surface area contributed by atoms with Crippen LogP contribution >= 0.6 is 0 Å². The largest absolute Gasteiger partial charge is 0.309 e. The Morgan fingerprint density at radius 1 is 0.420 bits per heavy atom. The Morgan fingerprint density at radius 2 is 0.920 bits per heavy atom.